The second-order valence-corrected chi connectivity index (χ2v) is 10.5. The number of fused-ring (bicyclic) bond motifs is 3. The summed E-state index contributed by atoms with van der Waals surface area (Å²) in [4.78, 5) is 39.8. The van der Waals surface area contributed by atoms with Crippen molar-refractivity contribution in [1.82, 2.24) is 0 Å². The summed E-state index contributed by atoms with van der Waals surface area (Å²) in [5.41, 5.74) is -3.45. The van der Waals surface area contributed by atoms with E-state index in [1.165, 1.54) is 25.3 Å². The highest BCUT2D eigenvalue weighted by Crippen LogP contribution is 2.52. The number of ketones is 3. The maximum Gasteiger partial charge on any atom is 0.202 e. The smallest absolute Gasteiger partial charge is 0.202 e. The van der Waals surface area contributed by atoms with Gasteiger partial charge in [0.25, 0.3) is 0 Å². The topological polar surface area (TPSA) is 180 Å². The monoisotopic (exact) mass is 542 g/mol. The Balaban J connectivity index is 1.69. The standard InChI is InChI=1S/C28H30O11/c1-11-7-18(38-12(2)23(11)31)39-16-9-28(36,17(30)10-29)8-14-20(16)27(35)22-21(25(14)33)24(32)13-5-4-6-15(37-3)19(13)26(22)34/h4-6,11-12,16,18,23,29,31,33,35-36H,7-10H2,1-3H3/t11?,12?,16-,18?,23?,28?/m0/s1. The van der Waals surface area contributed by atoms with E-state index in [-0.39, 0.29) is 40.3 Å². The van der Waals surface area contributed by atoms with E-state index >= 15 is 0 Å². The van der Waals surface area contributed by atoms with Crippen LogP contribution in [0, 0.1) is 5.92 Å². The second kappa shape index (κ2) is 9.68. The van der Waals surface area contributed by atoms with Crippen LogP contribution in [0.15, 0.2) is 18.2 Å². The Bertz CT molecular complexity index is 1370. The van der Waals surface area contributed by atoms with E-state index in [1.54, 1.807) is 13.8 Å². The molecule has 1 saturated heterocycles. The van der Waals surface area contributed by atoms with Crippen molar-refractivity contribution in [2.24, 2.45) is 5.92 Å². The zero-order valence-electron chi connectivity index (χ0n) is 21.6. The van der Waals surface area contributed by atoms with Gasteiger partial charge in [0, 0.05) is 36.0 Å². The third-order valence-electron chi connectivity index (χ3n) is 8.05. The van der Waals surface area contributed by atoms with Crippen molar-refractivity contribution in [3.63, 3.8) is 0 Å². The molecule has 11 heteroatoms. The molecule has 1 heterocycles. The number of phenolic OH excluding ortho intramolecular Hbond substituents is 2. The number of hydrogen-bond acceptors (Lipinski definition) is 11. The Morgan fingerprint density at radius 2 is 1.79 bits per heavy atom. The Morgan fingerprint density at radius 3 is 2.44 bits per heavy atom. The fraction of sp³-hybridized carbons (Fsp3) is 0.464. The van der Waals surface area contributed by atoms with Crippen LogP contribution in [-0.4, -0.2) is 80.7 Å². The molecule has 6 atom stereocenters. The van der Waals surface area contributed by atoms with Crippen molar-refractivity contribution in [2.75, 3.05) is 13.7 Å². The quantitative estimate of drug-likeness (QED) is 0.293. The summed E-state index contributed by atoms with van der Waals surface area (Å²) in [7, 11) is 1.33. The van der Waals surface area contributed by atoms with Gasteiger partial charge in [-0.1, -0.05) is 19.1 Å². The molecule has 0 spiro atoms. The van der Waals surface area contributed by atoms with Crippen molar-refractivity contribution in [2.45, 2.75) is 63.3 Å². The van der Waals surface area contributed by atoms with Gasteiger partial charge in [-0.2, -0.15) is 0 Å². The summed E-state index contributed by atoms with van der Waals surface area (Å²) in [6, 6.07) is 4.40. The highest BCUT2D eigenvalue weighted by atomic mass is 16.7. The Kier molecular flexibility index (Phi) is 6.76. The second-order valence-electron chi connectivity index (χ2n) is 10.5. The number of aliphatic hydroxyl groups excluding tert-OH is 2. The first kappa shape index (κ1) is 27.2. The van der Waals surface area contributed by atoms with Crippen LogP contribution >= 0.6 is 0 Å². The molecule has 1 fully saturated rings. The largest absolute Gasteiger partial charge is 0.507 e. The molecule has 0 amide bonds. The number of hydrogen-bond donors (Lipinski definition) is 5. The van der Waals surface area contributed by atoms with E-state index in [4.69, 9.17) is 14.2 Å². The van der Waals surface area contributed by atoms with E-state index in [2.05, 4.69) is 0 Å². The van der Waals surface area contributed by atoms with Crippen molar-refractivity contribution in [1.29, 1.82) is 0 Å². The van der Waals surface area contributed by atoms with Gasteiger partial charge in [0.05, 0.1) is 42.1 Å². The van der Waals surface area contributed by atoms with Crippen LogP contribution in [0.5, 0.6) is 17.2 Å². The summed E-state index contributed by atoms with van der Waals surface area (Å²) in [6.07, 6.45) is -4.31. The molecule has 2 aliphatic carbocycles. The number of carbonyl (C=O) groups excluding carboxylic acids is 3. The number of methoxy groups -OCH3 is 1. The molecule has 11 nitrogen and oxygen atoms in total. The number of phenols is 2. The third-order valence-corrected chi connectivity index (χ3v) is 8.05. The van der Waals surface area contributed by atoms with Crippen molar-refractivity contribution < 1.29 is 54.1 Å². The van der Waals surface area contributed by atoms with Crippen LogP contribution in [-0.2, 0) is 20.7 Å². The highest BCUT2D eigenvalue weighted by molar-refractivity contribution is 6.31. The van der Waals surface area contributed by atoms with Crippen LogP contribution in [0.2, 0.25) is 0 Å². The molecule has 0 aromatic heterocycles. The summed E-state index contributed by atoms with van der Waals surface area (Å²) in [5.74, 6) is -3.87. The van der Waals surface area contributed by atoms with Gasteiger partial charge in [-0.15, -0.1) is 0 Å². The maximum atomic E-state index is 13.7. The van der Waals surface area contributed by atoms with Crippen LogP contribution < -0.4 is 4.74 Å². The van der Waals surface area contributed by atoms with E-state index in [9.17, 15) is 39.9 Å². The Labute approximate surface area is 223 Å². The highest BCUT2D eigenvalue weighted by Gasteiger charge is 2.50. The van der Waals surface area contributed by atoms with Gasteiger partial charge in [-0.05, 0) is 18.9 Å². The number of Topliss-reactive ketones (excluding diaryl/α,β-unsaturated/α-hetero) is 1. The van der Waals surface area contributed by atoms with Crippen LogP contribution in [0.3, 0.4) is 0 Å². The van der Waals surface area contributed by atoms with E-state index in [0.717, 1.165) is 0 Å². The lowest BCUT2D eigenvalue weighted by atomic mass is 9.72. The molecule has 0 radical (unpaired) electrons. The zero-order valence-corrected chi connectivity index (χ0v) is 21.6. The molecule has 208 valence electrons. The van der Waals surface area contributed by atoms with Crippen molar-refractivity contribution >= 4 is 17.3 Å². The van der Waals surface area contributed by atoms with E-state index in [1.807, 2.05) is 0 Å². The van der Waals surface area contributed by atoms with Crippen LogP contribution in [0.1, 0.15) is 75.8 Å². The summed E-state index contributed by atoms with van der Waals surface area (Å²) in [6.45, 7) is 2.46. The zero-order chi connectivity index (χ0) is 28.4. The van der Waals surface area contributed by atoms with Crippen LogP contribution in [0.4, 0.5) is 0 Å². The lowest BCUT2D eigenvalue weighted by Gasteiger charge is -2.42. The number of carbonyl (C=O) groups is 3. The van der Waals surface area contributed by atoms with Crippen molar-refractivity contribution in [3.05, 3.63) is 51.6 Å². The summed E-state index contributed by atoms with van der Waals surface area (Å²) in [5, 5.41) is 53.9. The fourth-order valence-electron chi connectivity index (χ4n) is 5.95. The van der Waals surface area contributed by atoms with Gasteiger partial charge >= 0.3 is 0 Å². The average molecular weight is 543 g/mol. The molecule has 0 saturated carbocycles. The minimum Gasteiger partial charge on any atom is -0.507 e. The first-order chi connectivity index (χ1) is 18.4. The average Bonchev–Trinajstić information content (AvgIpc) is 2.90. The molecule has 39 heavy (non-hydrogen) atoms. The lowest BCUT2D eigenvalue weighted by Crippen LogP contribution is -2.49. The van der Waals surface area contributed by atoms with Gasteiger partial charge in [0.2, 0.25) is 5.78 Å². The SMILES string of the molecule is COc1cccc2c1C(=O)c1c(O)c3c(c(O)c1C2=O)CC(O)(C(=O)CO)C[C@@H]3OC1CC(C)C(O)C(C)O1. The minimum absolute atomic E-state index is 0.0380. The molecule has 3 aliphatic rings. The van der Waals surface area contributed by atoms with E-state index in [0.29, 0.717) is 0 Å². The predicted molar refractivity (Wildman–Crippen MR) is 133 cm³/mol. The first-order valence-electron chi connectivity index (χ1n) is 12.7. The van der Waals surface area contributed by atoms with Crippen molar-refractivity contribution in [3.8, 4) is 17.2 Å². The Hall–Kier alpha value is -3.35. The molecular weight excluding hydrogens is 512 g/mol. The maximum absolute atomic E-state index is 13.7. The molecule has 1 aliphatic heterocycles. The minimum atomic E-state index is -2.21. The normalized spacial score (nSPS) is 29.8. The van der Waals surface area contributed by atoms with Gasteiger partial charge < -0.3 is 39.7 Å². The molecule has 0 bridgehead atoms. The van der Waals surface area contributed by atoms with Gasteiger partial charge in [0.15, 0.2) is 17.9 Å². The fourth-order valence-corrected chi connectivity index (χ4v) is 5.95. The molecule has 5 rings (SSSR count). The molecule has 5 N–H and O–H groups in total. The predicted octanol–water partition coefficient (Wildman–Crippen LogP) is 1.31. The summed E-state index contributed by atoms with van der Waals surface area (Å²) >= 11 is 0. The number of ether oxygens (including phenoxy) is 3. The number of rotatable bonds is 5. The molecule has 2 aromatic rings. The Morgan fingerprint density at radius 1 is 1.10 bits per heavy atom. The molecule has 5 unspecified atom stereocenters. The van der Waals surface area contributed by atoms with E-state index < -0.39 is 89.6 Å². The summed E-state index contributed by atoms with van der Waals surface area (Å²) < 4.78 is 17.2. The lowest BCUT2D eigenvalue weighted by molar-refractivity contribution is -0.255. The third kappa shape index (κ3) is 4.12. The number of benzene rings is 2. The molecule has 2 aromatic carbocycles. The van der Waals surface area contributed by atoms with Gasteiger partial charge in [0.1, 0.15) is 29.5 Å². The van der Waals surface area contributed by atoms with Gasteiger partial charge in [-0.25, -0.2) is 0 Å². The van der Waals surface area contributed by atoms with Gasteiger partial charge in [-0.3, -0.25) is 14.4 Å². The number of aromatic hydroxyl groups is 2. The number of aliphatic hydroxyl groups is 3. The van der Waals surface area contributed by atoms with Crippen LogP contribution in [0.25, 0.3) is 0 Å². The first-order valence-corrected chi connectivity index (χ1v) is 12.7. The molecular formula is C28H30O11.